The van der Waals surface area contributed by atoms with Crippen LogP contribution in [0.25, 0.3) is 11.1 Å². The number of carboxylic acids is 1. The Balaban J connectivity index is 1.16. The molecule has 36 heteroatoms. The Bertz CT molecular complexity index is 4750. The van der Waals surface area contributed by atoms with Crippen LogP contribution in [0.15, 0.2) is 151 Å². The van der Waals surface area contributed by atoms with E-state index in [9.17, 15) is 96.7 Å². The largest absolute Gasteiger partial charge is 0.508 e. The highest BCUT2D eigenvalue weighted by atomic mass is 35.5. The van der Waals surface area contributed by atoms with Gasteiger partial charge in [-0.25, -0.2) is 34.7 Å². The average molecular weight is 1540 g/mol. The number of aromatic hydroxyl groups is 6. The van der Waals surface area contributed by atoms with Crippen molar-refractivity contribution in [2.24, 2.45) is 35.7 Å². The van der Waals surface area contributed by atoms with Crippen molar-refractivity contribution in [3.8, 4) is 68.6 Å². The van der Waals surface area contributed by atoms with Gasteiger partial charge in [-0.1, -0.05) is 71.2 Å². The molecule has 0 saturated carbocycles. The summed E-state index contributed by atoms with van der Waals surface area (Å²) >= 11 is 20.9. The molecule has 107 heavy (non-hydrogen) atoms. The second kappa shape index (κ2) is 31.2. The molecule has 7 aromatic carbocycles. The van der Waals surface area contributed by atoms with Crippen LogP contribution in [0.2, 0.25) is 15.1 Å². The lowest BCUT2D eigenvalue weighted by Crippen LogP contribution is -2.59. The van der Waals surface area contributed by atoms with E-state index in [0.29, 0.717) is 0 Å². The van der Waals surface area contributed by atoms with E-state index in [1.165, 1.54) is 68.6 Å². The van der Waals surface area contributed by atoms with Gasteiger partial charge in [0.15, 0.2) is 60.3 Å². The lowest BCUT2D eigenvalue weighted by Gasteiger charge is -2.41. The van der Waals surface area contributed by atoms with Crippen molar-refractivity contribution in [3.05, 3.63) is 175 Å². The van der Waals surface area contributed by atoms with Crippen LogP contribution in [0.1, 0.15) is 94.7 Å². The van der Waals surface area contributed by atoms with Crippen molar-refractivity contribution in [2.75, 3.05) is 13.7 Å². The third-order valence-corrected chi connectivity index (χ3v) is 19.2. The summed E-state index contributed by atoms with van der Waals surface area (Å²) in [5.41, 5.74) is 3.90. The molecule has 564 valence electrons. The van der Waals surface area contributed by atoms with Crippen LogP contribution in [-0.2, 0) is 23.7 Å². The van der Waals surface area contributed by atoms with Crippen LogP contribution < -0.4 is 20.5 Å². The Morgan fingerprint density at radius 1 is 0.570 bits per heavy atom. The Kier molecular flexibility index (Phi) is 22.3. The van der Waals surface area contributed by atoms with Crippen molar-refractivity contribution >= 4 is 76.2 Å². The Labute approximate surface area is 620 Å². The fourth-order valence-electron chi connectivity index (χ4n) is 12.8. The summed E-state index contributed by atoms with van der Waals surface area (Å²) < 4.78 is 37.7. The number of phenolic OH excluding ortho intramolecular Hbond substituents is 6. The highest BCUT2D eigenvalue weighted by molar-refractivity contribution is 6.33. The Hall–Kier alpha value is -10.3. The van der Waals surface area contributed by atoms with Gasteiger partial charge in [0.25, 0.3) is 0 Å². The zero-order valence-electron chi connectivity index (χ0n) is 55.7. The van der Waals surface area contributed by atoms with E-state index in [2.05, 4.69) is 35.3 Å². The third kappa shape index (κ3) is 15.6. The molecule has 11 bridgehead atoms. The van der Waals surface area contributed by atoms with E-state index in [1.54, 1.807) is 0 Å². The van der Waals surface area contributed by atoms with Gasteiger partial charge in [-0.15, -0.1) is 0 Å². The summed E-state index contributed by atoms with van der Waals surface area (Å²) in [4.78, 5) is 40.4. The highest BCUT2D eigenvalue weighted by Crippen LogP contribution is 2.50. The van der Waals surface area contributed by atoms with E-state index < -0.39 is 220 Å². The SMILES string of the molecule is CNC(C(O)=NC1C(O)=NC(c2ccc(O)c(Cl)c2)C(O)=NC2C(O)=NC3C(O)=NC(C(O)=NC(C(=O)O)c4cc(O)cc(O)c4-c4cc3ccc4O)C(OC3CC(N)C(O)C(C)O3)c3ccc(c(Cl)c3)Oc3cc2cc(c3O)Oc2ccc(cc2Cl)C1OC1OC(CO)C(O)C(O)C1O)c1ccc(O)cc1. The zero-order valence-corrected chi connectivity index (χ0v) is 57.9. The molecule has 2 fully saturated rings. The fourth-order valence-corrected chi connectivity index (χ4v) is 13.4. The molecule has 18 atom stereocenters. The van der Waals surface area contributed by atoms with Crippen LogP contribution in [0.4, 0.5) is 0 Å². The molecule has 0 aromatic heterocycles. The van der Waals surface area contributed by atoms with Crippen LogP contribution in [0.3, 0.4) is 0 Å². The van der Waals surface area contributed by atoms with Gasteiger partial charge < -0.3 is 131 Å². The summed E-state index contributed by atoms with van der Waals surface area (Å²) in [6.45, 7) is 0.522. The number of aliphatic hydroxyl groups is 11. The molecule has 7 aliphatic rings. The van der Waals surface area contributed by atoms with Gasteiger partial charge in [0, 0.05) is 35.2 Å². The minimum atomic E-state index is -2.32. The quantitative estimate of drug-likeness (QED) is 0.0430. The van der Waals surface area contributed by atoms with E-state index in [1.807, 2.05) is 0 Å². The van der Waals surface area contributed by atoms with Crippen LogP contribution >= 0.6 is 34.8 Å². The number of hydrogen-bond acceptors (Lipinski definition) is 26. The smallest absolute Gasteiger partial charge is 0.333 e. The molecule has 0 radical (unpaired) electrons. The number of halogens is 3. The maximum absolute atomic E-state index is 13.6. The number of ether oxygens (including phenoxy) is 6. The lowest BCUT2D eigenvalue weighted by molar-refractivity contribution is -0.312. The van der Waals surface area contributed by atoms with Gasteiger partial charge in [0.05, 0.1) is 33.9 Å². The molecule has 7 heterocycles. The number of nitrogens with zero attached hydrogens (tertiary/aromatic N) is 6. The standard InChI is InChI=1S/C71H69Cl3N8O25/c1-25-57(89)39(75)23-48(102-25)106-62-29-7-13-43(37(73)17-29)103-45-19-31-20-46(58(45)90)104-44-14-8-30(18-38(44)74)63(107-71-61(93)60(92)59(91)47(24-83)105-71)56(81-64(94)50(76-2)26-3-9-32(84)10-4-26)68(98)78-52(28-6-12-41(87)36(72)16-28)65(95)79-53(31)67(97)77-51-27-5-11-40(86)34(15-27)49-35(21-33(85)22-42(49)88)54(70(100)101)80-69(99)55(62)82-66(51)96/h3-22,25,39,47-48,50-57,59-63,71,76,83-93H,23-24,75H2,1-2H3,(H,77,97)(H,78,98)(H,79,95)(H,80,99)(H,81,94)(H,82,96)(H,100,101). The Morgan fingerprint density at radius 3 is 1.71 bits per heavy atom. The minimum Gasteiger partial charge on any atom is -0.508 e. The monoisotopic (exact) mass is 1540 g/mol. The van der Waals surface area contributed by atoms with Gasteiger partial charge in [0.2, 0.25) is 41.1 Å². The normalized spacial score (nSPS) is 27.9. The molecule has 0 aliphatic carbocycles. The number of aliphatic imine (C=N–C) groups is 6. The maximum Gasteiger partial charge on any atom is 0.333 e. The predicted molar refractivity (Wildman–Crippen MR) is 382 cm³/mol. The number of aliphatic hydroxyl groups excluding tert-OH is 11. The summed E-state index contributed by atoms with van der Waals surface area (Å²) in [5.74, 6) is -14.7. The van der Waals surface area contributed by atoms with Crippen molar-refractivity contribution in [1.82, 2.24) is 5.32 Å². The van der Waals surface area contributed by atoms with Gasteiger partial charge in [0.1, 0.15) is 82.9 Å². The number of hydrogen-bond donors (Lipinski definition) is 20. The zero-order chi connectivity index (χ0) is 76.9. The van der Waals surface area contributed by atoms with Crippen LogP contribution in [-0.4, -0.2) is 214 Å². The van der Waals surface area contributed by atoms with Crippen molar-refractivity contribution < 1.29 is 125 Å². The second-order valence-electron chi connectivity index (χ2n) is 25.4. The number of fused-ring (bicyclic) bond motifs is 12. The third-order valence-electron chi connectivity index (χ3n) is 18.3. The number of carbonyl (C=O) groups is 1. The number of likely N-dealkylation sites (N-methyl/N-ethyl adjacent to an activating group) is 1. The first kappa shape index (κ1) is 76.3. The van der Waals surface area contributed by atoms with Gasteiger partial charge in [-0.2, -0.15) is 0 Å². The number of carboxylic acid groups (broad SMARTS) is 1. The molecular weight excluding hydrogens is 1470 g/mol. The molecular formula is C71H69Cl3N8O25. The minimum absolute atomic E-state index is 0.0820. The summed E-state index contributed by atoms with van der Waals surface area (Å²) in [7, 11) is 1.41. The molecule has 7 aliphatic heterocycles. The lowest BCUT2D eigenvalue weighted by atomic mass is 9.90. The van der Waals surface area contributed by atoms with E-state index in [-0.39, 0.29) is 67.1 Å². The molecule has 2 saturated heterocycles. The number of nitrogens with two attached hydrogens (primary N) is 1. The number of aliphatic carboxylic acids is 1. The van der Waals surface area contributed by atoms with Crippen LogP contribution in [0.5, 0.6) is 57.5 Å². The van der Waals surface area contributed by atoms with Crippen molar-refractivity contribution in [2.45, 2.75) is 123 Å². The molecule has 21 N–H and O–H groups in total. The summed E-state index contributed by atoms with van der Waals surface area (Å²) in [6, 6.07) is 7.21. The van der Waals surface area contributed by atoms with E-state index in [0.717, 1.165) is 66.7 Å². The number of nitrogens with one attached hydrogen (secondary N) is 1. The van der Waals surface area contributed by atoms with Crippen LogP contribution in [0, 0.1) is 0 Å². The molecule has 0 amide bonds. The molecule has 14 rings (SSSR count). The van der Waals surface area contributed by atoms with Crippen molar-refractivity contribution in [1.29, 1.82) is 0 Å². The number of benzene rings is 7. The van der Waals surface area contributed by atoms with E-state index in [4.69, 9.17) is 69.0 Å². The summed E-state index contributed by atoms with van der Waals surface area (Å²) in [6.07, 6.45) is -17.7. The first-order valence-corrected chi connectivity index (χ1v) is 33.7. The first-order valence-electron chi connectivity index (χ1n) is 32.6. The van der Waals surface area contributed by atoms with Crippen molar-refractivity contribution in [3.63, 3.8) is 0 Å². The maximum atomic E-state index is 13.6. The fraction of sp³-hybridized carbons (Fsp3) is 0.310. The number of phenols is 6. The second-order valence-corrected chi connectivity index (χ2v) is 26.6. The van der Waals surface area contributed by atoms with Gasteiger partial charge >= 0.3 is 5.97 Å². The molecule has 33 nitrogen and oxygen atoms in total. The topological polar surface area (TPSA) is 549 Å². The van der Waals surface area contributed by atoms with Gasteiger partial charge in [-0.3, -0.25) is 0 Å². The molecule has 0 spiro atoms. The average Bonchev–Trinajstić information content (AvgIpc) is 0.765. The molecule has 7 aromatic rings. The highest BCUT2D eigenvalue weighted by Gasteiger charge is 2.48. The molecule has 18 unspecified atom stereocenters. The first-order chi connectivity index (χ1) is 50.9. The van der Waals surface area contributed by atoms with Gasteiger partial charge in [-0.05, 0) is 126 Å². The summed E-state index contributed by atoms with van der Waals surface area (Å²) in [5, 5.41) is 213. The predicted octanol–water partition coefficient (Wildman–Crippen LogP) is 8.00. The number of rotatable bonds is 11. The Morgan fingerprint density at radius 2 is 1.13 bits per heavy atom. The van der Waals surface area contributed by atoms with E-state index >= 15 is 0 Å².